The summed E-state index contributed by atoms with van der Waals surface area (Å²) in [5.74, 6) is -0.341. The van der Waals surface area contributed by atoms with E-state index in [1.165, 1.54) is 6.92 Å². The van der Waals surface area contributed by atoms with Crippen LogP contribution in [0.2, 0.25) is 0 Å². The van der Waals surface area contributed by atoms with Crippen molar-refractivity contribution in [1.29, 1.82) is 0 Å². The van der Waals surface area contributed by atoms with E-state index in [1.54, 1.807) is 36.1 Å². The van der Waals surface area contributed by atoms with Crippen LogP contribution in [-0.4, -0.2) is 109 Å². The highest BCUT2D eigenvalue weighted by atomic mass is 16.5. The maximum atomic E-state index is 14.2. The molecular weight excluding hydrogens is 692 g/mol. The van der Waals surface area contributed by atoms with Gasteiger partial charge in [0, 0.05) is 51.0 Å². The summed E-state index contributed by atoms with van der Waals surface area (Å²) in [5.41, 5.74) is 0.424. The van der Waals surface area contributed by atoms with Crippen LogP contribution in [0.15, 0.2) is 78.9 Å². The largest absolute Gasteiger partial charge is 0.492 e. The molecule has 14 heteroatoms. The lowest BCUT2D eigenvalue weighted by atomic mass is 9.89. The van der Waals surface area contributed by atoms with Crippen molar-refractivity contribution in [3.05, 3.63) is 90.0 Å². The molecule has 286 valence electrons. The Morgan fingerprint density at radius 2 is 1.43 bits per heavy atom. The summed E-state index contributed by atoms with van der Waals surface area (Å²) in [6.07, 6.45) is 0.518. The maximum Gasteiger partial charge on any atom is 0.264 e. The predicted molar refractivity (Wildman–Crippen MR) is 199 cm³/mol. The normalized spacial score (nSPS) is 22.9. The number of nitrogens with zero attached hydrogens (tertiary/aromatic N) is 2. The van der Waals surface area contributed by atoms with E-state index in [-0.39, 0.29) is 58.0 Å². The summed E-state index contributed by atoms with van der Waals surface area (Å²) >= 11 is 0. The third-order valence-electron chi connectivity index (χ3n) is 9.94. The summed E-state index contributed by atoms with van der Waals surface area (Å²) in [7, 11) is 0. The van der Waals surface area contributed by atoms with Gasteiger partial charge in [0.2, 0.25) is 23.6 Å². The predicted octanol–water partition coefficient (Wildman–Crippen LogP) is 1.57. The number of benzene rings is 3. The van der Waals surface area contributed by atoms with Crippen molar-refractivity contribution in [2.75, 3.05) is 45.9 Å². The van der Waals surface area contributed by atoms with Gasteiger partial charge < -0.3 is 40.4 Å². The summed E-state index contributed by atoms with van der Waals surface area (Å²) in [4.78, 5) is 71.5. The van der Waals surface area contributed by atoms with Crippen LogP contribution in [-0.2, 0) is 36.9 Å². The number of likely N-dealkylation sites (tertiary alicyclic amines) is 1. The number of amides is 5. The molecule has 0 unspecified atom stereocenters. The number of piperidine rings is 1. The molecule has 1 saturated heterocycles. The number of carbonyl (C=O) groups is 5. The molecule has 7 rings (SSSR count). The van der Waals surface area contributed by atoms with Crippen molar-refractivity contribution in [2.45, 2.75) is 63.4 Å². The Kier molecular flexibility index (Phi) is 12.3. The minimum atomic E-state index is -1.40. The fraction of sp³-hybridized carbons (Fsp3) is 0.425. The molecule has 5 amide bonds. The van der Waals surface area contributed by atoms with Gasteiger partial charge in [-0.1, -0.05) is 48.5 Å². The zero-order chi connectivity index (χ0) is 38.1. The molecule has 0 aliphatic carbocycles. The number of ether oxygens (including phenoxy) is 3. The minimum Gasteiger partial charge on any atom is -0.492 e. The van der Waals surface area contributed by atoms with Gasteiger partial charge in [0.25, 0.3) is 5.91 Å². The molecule has 1 fully saturated rings. The smallest absolute Gasteiger partial charge is 0.264 e. The number of hydrogen-bond acceptors (Lipinski definition) is 9. The molecule has 3 atom stereocenters. The molecule has 0 aromatic heterocycles. The average Bonchev–Trinajstić information content (AvgIpc) is 3.38. The van der Waals surface area contributed by atoms with Crippen LogP contribution >= 0.6 is 0 Å². The van der Waals surface area contributed by atoms with Crippen molar-refractivity contribution in [1.82, 2.24) is 31.1 Å². The van der Waals surface area contributed by atoms with E-state index in [0.717, 1.165) is 16.9 Å². The van der Waals surface area contributed by atoms with Crippen LogP contribution in [0.4, 0.5) is 0 Å². The van der Waals surface area contributed by atoms with E-state index in [1.807, 2.05) is 54.6 Å². The standard InChI is InChI=1S/C40H48N6O8/c1-27-36(48)41-18-22-52-31-12-14-32(15-13-31)54-40(39(51)43-28(2)37(49)44-33(38(50)42-27)24-29-8-4-3-5-9-29)16-19-46(20-17-40)35(47)26-45-21-23-53-34-11-7-6-10-30(34)25-45/h3-15,27-28,33H,16-26H2,1-2H3,(H,41,48)(H,42,50)(H,43,51)(H,44,49)/t27-,28-,33-/m0/s1. The zero-order valence-electron chi connectivity index (χ0n) is 30.7. The Labute approximate surface area is 314 Å². The van der Waals surface area contributed by atoms with Crippen molar-refractivity contribution in [3.63, 3.8) is 0 Å². The third-order valence-corrected chi connectivity index (χ3v) is 9.94. The number of rotatable bonds is 4. The zero-order valence-corrected chi connectivity index (χ0v) is 30.7. The Hall–Kier alpha value is -5.63. The van der Waals surface area contributed by atoms with E-state index >= 15 is 0 Å². The van der Waals surface area contributed by atoms with Crippen LogP contribution in [0.5, 0.6) is 17.2 Å². The van der Waals surface area contributed by atoms with Gasteiger partial charge in [0.15, 0.2) is 5.60 Å². The van der Waals surface area contributed by atoms with Gasteiger partial charge in [-0.25, -0.2) is 0 Å². The Morgan fingerprint density at radius 3 is 2.19 bits per heavy atom. The van der Waals surface area contributed by atoms with Gasteiger partial charge in [0.1, 0.15) is 48.6 Å². The van der Waals surface area contributed by atoms with Crippen LogP contribution in [0.1, 0.15) is 37.8 Å². The monoisotopic (exact) mass is 740 g/mol. The first kappa shape index (κ1) is 38.1. The number of para-hydroxylation sites is 1. The maximum absolute atomic E-state index is 14.2. The van der Waals surface area contributed by atoms with E-state index in [4.69, 9.17) is 14.2 Å². The van der Waals surface area contributed by atoms with Crippen molar-refractivity contribution in [2.24, 2.45) is 0 Å². The van der Waals surface area contributed by atoms with E-state index < -0.39 is 47.4 Å². The first-order valence-corrected chi connectivity index (χ1v) is 18.4. The second kappa shape index (κ2) is 17.5. The molecular formula is C40H48N6O8. The highest BCUT2D eigenvalue weighted by Crippen LogP contribution is 2.31. The minimum absolute atomic E-state index is 0.0564. The first-order valence-electron chi connectivity index (χ1n) is 18.4. The van der Waals surface area contributed by atoms with Crippen LogP contribution in [0, 0.1) is 0 Å². The Balaban J connectivity index is 1.18. The number of fused-ring (bicyclic) bond motifs is 16. The quantitative estimate of drug-likeness (QED) is 0.291. The van der Waals surface area contributed by atoms with Gasteiger partial charge in [-0.15, -0.1) is 0 Å². The molecule has 3 aromatic rings. The highest BCUT2D eigenvalue weighted by Gasteiger charge is 2.46. The van der Waals surface area contributed by atoms with E-state index in [9.17, 15) is 24.0 Å². The van der Waals surface area contributed by atoms with Crippen molar-refractivity contribution < 1.29 is 38.2 Å². The van der Waals surface area contributed by atoms with Gasteiger partial charge in [-0.3, -0.25) is 28.9 Å². The average molecular weight is 741 g/mol. The van der Waals surface area contributed by atoms with Crippen molar-refractivity contribution >= 4 is 29.5 Å². The lowest BCUT2D eigenvalue weighted by Gasteiger charge is -2.41. The number of hydrogen-bond donors (Lipinski definition) is 4. The van der Waals surface area contributed by atoms with Crippen molar-refractivity contribution in [3.8, 4) is 17.2 Å². The molecule has 14 nitrogen and oxygen atoms in total. The number of nitrogens with one attached hydrogen (secondary N) is 4. The van der Waals surface area contributed by atoms with Crippen LogP contribution < -0.4 is 35.5 Å². The molecule has 4 heterocycles. The van der Waals surface area contributed by atoms with Crippen LogP contribution in [0.3, 0.4) is 0 Å². The van der Waals surface area contributed by atoms with Crippen LogP contribution in [0.25, 0.3) is 0 Å². The highest BCUT2D eigenvalue weighted by molar-refractivity contribution is 5.95. The van der Waals surface area contributed by atoms with E-state index in [2.05, 4.69) is 26.2 Å². The Morgan fingerprint density at radius 1 is 0.741 bits per heavy atom. The van der Waals surface area contributed by atoms with E-state index in [0.29, 0.717) is 31.2 Å². The SMILES string of the molecule is C[C@@H]1NC(=O)[C@H](Cc2ccccc2)NC(=O)[C@H](C)NC(=O)C2(CCN(C(=O)CN3CCOc4ccccc4C3)CC2)Oc2ccc(cc2)OCCNC1=O. The number of carbonyl (C=O) groups excluding carboxylic acids is 5. The molecule has 4 N–H and O–H groups in total. The molecule has 1 spiro atoms. The Bertz CT molecular complexity index is 1800. The summed E-state index contributed by atoms with van der Waals surface area (Å²) < 4.78 is 18.1. The topological polar surface area (TPSA) is 168 Å². The van der Waals surface area contributed by atoms with Gasteiger partial charge in [0.05, 0.1) is 13.1 Å². The summed E-state index contributed by atoms with van der Waals surface area (Å²) in [6, 6.07) is 20.8. The lowest BCUT2D eigenvalue weighted by molar-refractivity contribution is -0.148. The first-order chi connectivity index (χ1) is 26.1. The molecule has 4 aliphatic rings. The van der Waals surface area contributed by atoms with Gasteiger partial charge >= 0.3 is 0 Å². The second-order valence-electron chi connectivity index (χ2n) is 13.9. The molecule has 4 aliphatic heterocycles. The molecule has 54 heavy (non-hydrogen) atoms. The second-order valence-corrected chi connectivity index (χ2v) is 13.9. The van der Waals surface area contributed by atoms with Gasteiger partial charge in [-0.05, 0) is 49.7 Å². The summed E-state index contributed by atoms with van der Waals surface area (Å²) in [6.45, 7) is 5.86. The molecule has 3 aromatic carbocycles. The third kappa shape index (κ3) is 9.67. The van der Waals surface area contributed by atoms with Gasteiger partial charge in [-0.2, -0.15) is 0 Å². The molecule has 0 saturated carbocycles. The molecule has 0 radical (unpaired) electrons. The molecule has 2 bridgehead atoms. The summed E-state index contributed by atoms with van der Waals surface area (Å²) in [5, 5.41) is 11.1. The fourth-order valence-electron chi connectivity index (χ4n) is 6.75. The lowest BCUT2D eigenvalue weighted by Crippen LogP contribution is -2.62. The fourth-order valence-corrected chi connectivity index (χ4v) is 6.75.